The molecular weight excluding hydrogens is 587 g/mol. The molecule has 0 aliphatic carbocycles. The molecule has 0 amide bonds. The summed E-state index contributed by atoms with van der Waals surface area (Å²) in [6.45, 7) is 7.95. The van der Waals surface area contributed by atoms with Crippen molar-refractivity contribution in [3.05, 3.63) is 182 Å². The Labute approximate surface area is 279 Å². The van der Waals surface area contributed by atoms with E-state index in [0.717, 1.165) is 66.7 Å². The van der Waals surface area contributed by atoms with Gasteiger partial charge in [0.05, 0.1) is 16.7 Å². The lowest BCUT2D eigenvalue weighted by atomic mass is 9.95. The van der Waals surface area contributed by atoms with Crippen LogP contribution in [0.5, 0.6) is 0 Å². The average Bonchev–Trinajstić information content (AvgIpc) is 3.44. The molecule has 4 nitrogen and oxygen atoms in total. The van der Waals surface area contributed by atoms with Crippen LogP contribution in [0.3, 0.4) is 0 Å². The van der Waals surface area contributed by atoms with Crippen LogP contribution in [0.15, 0.2) is 171 Å². The first-order chi connectivity index (χ1) is 23.5. The Balaban J connectivity index is 1.24. The lowest BCUT2D eigenvalue weighted by molar-refractivity contribution is 0.436. The van der Waals surface area contributed by atoms with Gasteiger partial charge in [-0.1, -0.05) is 92.0 Å². The molecule has 1 aromatic heterocycles. The third kappa shape index (κ3) is 4.97. The molecule has 230 valence electrons. The molecule has 2 heterocycles. The number of para-hydroxylation sites is 2. The lowest BCUT2D eigenvalue weighted by Crippen LogP contribution is -2.11. The summed E-state index contributed by atoms with van der Waals surface area (Å²) in [7, 11) is 0. The Morgan fingerprint density at radius 1 is 0.688 bits per heavy atom. The Kier molecular flexibility index (Phi) is 7.04. The smallest absolute Gasteiger partial charge is 0.108 e. The normalized spacial score (nSPS) is 14.3. The van der Waals surface area contributed by atoms with Gasteiger partial charge in [-0.15, -0.1) is 0 Å². The van der Waals surface area contributed by atoms with Crippen molar-refractivity contribution >= 4 is 61.3 Å². The number of nitrogens with zero attached hydrogens (tertiary/aromatic N) is 2. The predicted octanol–water partition coefficient (Wildman–Crippen LogP) is 11.5. The van der Waals surface area contributed by atoms with Crippen LogP contribution in [0.2, 0.25) is 0 Å². The molecule has 0 fully saturated rings. The molecule has 3 N–H and O–H groups in total. The van der Waals surface area contributed by atoms with Gasteiger partial charge in [-0.25, -0.2) is 0 Å². The number of hydrogen-bond acceptors (Lipinski definition) is 3. The van der Waals surface area contributed by atoms with Crippen LogP contribution in [0, 0.1) is 0 Å². The van der Waals surface area contributed by atoms with Gasteiger partial charge >= 0.3 is 0 Å². The summed E-state index contributed by atoms with van der Waals surface area (Å²) in [5.41, 5.74) is 17.9. The molecule has 7 aromatic rings. The van der Waals surface area contributed by atoms with Gasteiger partial charge in [-0.05, 0) is 100 Å². The molecule has 6 aromatic carbocycles. The zero-order valence-corrected chi connectivity index (χ0v) is 26.3. The highest BCUT2D eigenvalue weighted by Crippen LogP contribution is 2.40. The van der Waals surface area contributed by atoms with E-state index >= 15 is 0 Å². The minimum Gasteiger partial charge on any atom is -0.509 e. The summed E-state index contributed by atoms with van der Waals surface area (Å²) in [6.07, 6.45) is 11.6. The Morgan fingerprint density at radius 3 is 2.31 bits per heavy atom. The first kappa shape index (κ1) is 28.9. The number of anilines is 3. The first-order valence-corrected chi connectivity index (χ1v) is 15.9. The van der Waals surface area contributed by atoms with Gasteiger partial charge in [-0.3, -0.25) is 0 Å². The molecule has 0 radical (unpaired) electrons. The SMILES string of the molecule is C=C(O)/C=C\c1ccc2cc(-n3c4ccccc4c4cc(-c5ccc6c(c5)C(=C)/C=C\C=C/N6c5ccccc5)ccc43)ccc2c1N. The second kappa shape index (κ2) is 11.7. The number of benzene rings is 6. The van der Waals surface area contributed by atoms with Gasteiger partial charge in [0.15, 0.2) is 0 Å². The fraction of sp³-hybridized carbons (Fsp3) is 0. The molecule has 0 saturated carbocycles. The molecule has 48 heavy (non-hydrogen) atoms. The van der Waals surface area contributed by atoms with Crippen molar-refractivity contribution in [3.63, 3.8) is 0 Å². The molecule has 0 bridgehead atoms. The minimum atomic E-state index is -0.00779. The maximum absolute atomic E-state index is 9.51. The average molecular weight is 620 g/mol. The van der Waals surface area contributed by atoms with Crippen LogP contribution in [0.4, 0.5) is 17.1 Å². The van der Waals surface area contributed by atoms with Crippen LogP contribution in [-0.4, -0.2) is 9.67 Å². The van der Waals surface area contributed by atoms with Gasteiger partial charge in [0.2, 0.25) is 0 Å². The number of hydrogen-bond donors (Lipinski definition) is 2. The minimum absolute atomic E-state index is 0.00779. The third-order valence-corrected chi connectivity index (χ3v) is 9.08. The summed E-state index contributed by atoms with van der Waals surface area (Å²) in [5.74, 6) is -0.00779. The van der Waals surface area contributed by atoms with E-state index in [1.54, 1.807) is 12.2 Å². The van der Waals surface area contributed by atoms with E-state index in [1.165, 1.54) is 10.8 Å². The van der Waals surface area contributed by atoms with Crippen molar-refractivity contribution in [3.8, 4) is 16.8 Å². The molecule has 0 saturated heterocycles. The third-order valence-electron chi connectivity index (χ3n) is 9.08. The van der Waals surface area contributed by atoms with E-state index in [9.17, 15) is 5.11 Å². The molecule has 0 spiro atoms. The topological polar surface area (TPSA) is 54.4 Å². The summed E-state index contributed by atoms with van der Waals surface area (Å²) in [4.78, 5) is 2.21. The highest BCUT2D eigenvalue weighted by Gasteiger charge is 2.17. The largest absolute Gasteiger partial charge is 0.509 e. The maximum atomic E-state index is 9.51. The van der Waals surface area contributed by atoms with Crippen LogP contribution in [0.1, 0.15) is 11.1 Å². The fourth-order valence-corrected chi connectivity index (χ4v) is 6.73. The molecule has 1 aliphatic rings. The van der Waals surface area contributed by atoms with Gasteiger partial charge in [0.25, 0.3) is 0 Å². The number of nitrogen functional groups attached to an aromatic ring is 1. The molecular formula is C44H33N3O. The molecule has 1 aliphatic heterocycles. The monoisotopic (exact) mass is 619 g/mol. The quantitative estimate of drug-likeness (QED) is 0.114. The Morgan fingerprint density at radius 2 is 1.46 bits per heavy atom. The number of nitrogens with two attached hydrogens (primary N) is 1. The van der Waals surface area contributed by atoms with Gasteiger partial charge in [-0.2, -0.15) is 0 Å². The van der Waals surface area contributed by atoms with E-state index in [2.05, 4.69) is 150 Å². The Hall–Kier alpha value is -6.52. The first-order valence-electron chi connectivity index (χ1n) is 15.9. The number of aliphatic hydroxyl groups excluding tert-OH is 1. The van der Waals surface area contributed by atoms with Crippen LogP contribution < -0.4 is 10.6 Å². The zero-order valence-electron chi connectivity index (χ0n) is 26.3. The van der Waals surface area contributed by atoms with Crippen molar-refractivity contribution in [1.82, 2.24) is 4.57 Å². The molecule has 0 atom stereocenters. The summed E-state index contributed by atoms with van der Waals surface area (Å²) >= 11 is 0. The van der Waals surface area contributed by atoms with Crippen molar-refractivity contribution in [2.45, 2.75) is 0 Å². The van der Waals surface area contributed by atoms with Gasteiger partial charge < -0.3 is 20.3 Å². The second-order valence-corrected chi connectivity index (χ2v) is 12.0. The van der Waals surface area contributed by atoms with Gasteiger partial charge in [0.1, 0.15) is 5.76 Å². The van der Waals surface area contributed by atoms with Crippen LogP contribution in [-0.2, 0) is 0 Å². The number of fused-ring (bicyclic) bond motifs is 5. The van der Waals surface area contributed by atoms with E-state index in [4.69, 9.17) is 5.73 Å². The van der Waals surface area contributed by atoms with Crippen molar-refractivity contribution in [2.24, 2.45) is 0 Å². The predicted molar refractivity (Wildman–Crippen MR) is 205 cm³/mol. The second-order valence-electron chi connectivity index (χ2n) is 12.0. The van der Waals surface area contributed by atoms with E-state index in [0.29, 0.717) is 5.69 Å². The number of allylic oxidation sites excluding steroid dienone is 5. The van der Waals surface area contributed by atoms with Crippen LogP contribution >= 0.6 is 0 Å². The zero-order chi connectivity index (χ0) is 32.8. The fourth-order valence-electron chi connectivity index (χ4n) is 6.73. The molecule has 8 rings (SSSR count). The molecule has 4 heteroatoms. The Bertz CT molecular complexity index is 2510. The number of aromatic nitrogens is 1. The highest BCUT2D eigenvalue weighted by molar-refractivity contribution is 6.11. The van der Waals surface area contributed by atoms with E-state index in [-0.39, 0.29) is 5.76 Å². The van der Waals surface area contributed by atoms with Crippen molar-refractivity contribution in [1.29, 1.82) is 0 Å². The summed E-state index contributed by atoms with van der Waals surface area (Å²) in [5, 5.41) is 13.9. The molecule has 0 unspecified atom stereocenters. The highest BCUT2D eigenvalue weighted by atomic mass is 16.3. The standard InChI is InChI=1S/C44H33N3O/c1-29-10-8-9-25-46(35-11-4-3-5-12-35)41-23-19-32(27-39(29)41)33-20-24-43-40(28-33)38-13-6-7-14-42(38)47(43)36-21-22-37-34(26-36)18-17-31(44(37)45)16-15-30(2)48/h3-28,48H,1-2,45H2/b10-8-,16-15-,25-9-. The van der Waals surface area contributed by atoms with Crippen molar-refractivity contribution in [2.75, 3.05) is 10.6 Å². The lowest BCUT2D eigenvalue weighted by Gasteiger charge is -2.25. The summed E-state index contributed by atoms with van der Waals surface area (Å²) < 4.78 is 2.32. The van der Waals surface area contributed by atoms with E-state index in [1.807, 2.05) is 18.2 Å². The van der Waals surface area contributed by atoms with Gasteiger partial charge in [0, 0.05) is 45.0 Å². The van der Waals surface area contributed by atoms with Crippen LogP contribution in [0.25, 0.3) is 61.0 Å². The van der Waals surface area contributed by atoms with Crippen molar-refractivity contribution < 1.29 is 5.11 Å². The maximum Gasteiger partial charge on any atom is 0.108 e. The number of rotatable bonds is 5. The number of aliphatic hydroxyl groups is 1. The van der Waals surface area contributed by atoms with E-state index < -0.39 is 0 Å². The summed E-state index contributed by atoms with van der Waals surface area (Å²) in [6, 6.07) is 42.8.